The van der Waals surface area contributed by atoms with E-state index in [0.29, 0.717) is 47.8 Å². The molecule has 0 fully saturated rings. The molecular weight excluding hydrogens is 801 g/mol. The van der Waals surface area contributed by atoms with E-state index in [1.54, 1.807) is 38.3 Å². The summed E-state index contributed by atoms with van der Waals surface area (Å²) in [5, 5.41) is 49.2. The largest absolute Gasteiger partial charge is 0.508 e. The molecule has 13 heteroatoms. The third-order valence-corrected chi connectivity index (χ3v) is 15.3. The van der Waals surface area contributed by atoms with E-state index in [1.165, 1.54) is 11.1 Å². The Morgan fingerprint density at radius 2 is 1.81 bits per heavy atom. The summed E-state index contributed by atoms with van der Waals surface area (Å²) in [6, 6.07) is 8.64. The van der Waals surface area contributed by atoms with E-state index in [2.05, 4.69) is 12.2 Å². The first-order valence-electron chi connectivity index (χ1n) is 22.3. The van der Waals surface area contributed by atoms with Crippen molar-refractivity contribution in [3.05, 3.63) is 120 Å². The Morgan fingerprint density at radius 3 is 2.59 bits per heavy atom. The van der Waals surface area contributed by atoms with Crippen molar-refractivity contribution >= 4 is 28.6 Å². The zero-order chi connectivity index (χ0) is 44.1. The van der Waals surface area contributed by atoms with Gasteiger partial charge in [0, 0.05) is 70.9 Å². The molecule has 0 amide bonds. The minimum Gasteiger partial charge on any atom is -0.508 e. The van der Waals surface area contributed by atoms with Crippen LogP contribution in [0.4, 0.5) is 11.6 Å². The summed E-state index contributed by atoms with van der Waals surface area (Å²) < 4.78 is 20.7. The van der Waals surface area contributed by atoms with Gasteiger partial charge in [0.15, 0.2) is 5.43 Å². The smallest absolute Gasteiger partial charge is 0.333 e. The van der Waals surface area contributed by atoms with Gasteiger partial charge >= 0.3 is 5.97 Å². The molecule has 5 aliphatic rings. The average Bonchev–Trinajstić information content (AvgIpc) is 3.44. The Hall–Kier alpha value is -5.92. The molecule has 63 heavy (non-hydrogen) atoms. The van der Waals surface area contributed by atoms with Gasteiger partial charge in [-0.1, -0.05) is 12.1 Å². The Balaban J connectivity index is 1.35. The molecule has 0 unspecified atom stereocenters. The number of anilines is 2. The number of nitrogens with one attached hydrogen (secondary N) is 1. The van der Waals surface area contributed by atoms with E-state index in [1.807, 2.05) is 25.3 Å². The Bertz CT molecular complexity index is 2800. The molecule has 13 nitrogen and oxygen atoms in total. The summed E-state index contributed by atoms with van der Waals surface area (Å²) in [6.07, 6.45) is 9.46. The summed E-state index contributed by atoms with van der Waals surface area (Å²) in [6.45, 7) is 6.65. The van der Waals surface area contributed by atoms with Crippen LogP contribution in [-0.2, 0) is 48.2 Å². The number of fused-ring (bicyclic) bond motifs is 11. The van der Waals surface area contributed by atoms with Gasteiger partial charge in [0.1, 0.15) is 63.9 Å². The molecule has 3 aromatic heterocycles. The number of aliphatic hydroxyl groups is 2. The van der Waals surface area contributed by atoms with Gasteiger partial charge in [-0.15, -0.1) is 0 Å². The van der Waals surface area contributed by atoms with Crippen LogP contribution in [0, 0.1) is 11.8 Å². The van der Waals surface area contributed by atoms with Crippen molar-refractivity contribution in [2.45, 2.75) is 121 Å². The van der Waals surface area contributed by atoms with Crippen LogP contribution in [0.25, 0.3) is 11.0 Å². The number of aromatic nitrogens is 2. The van der Waals surface area contributed by atoms with Crippen molar-refractivity contribution in [2.24, 2.45) is 11.8 Å². The highest BCUT2D eigenvalue weighted by Gasteiger charge is 2.57. The number of phenolic OH excluding ortho intramolecular Hbond substituents is 2. The number of phenols is 2. The van der Waals surface area contributed by atoms with Crippen molar-refractivity contribution in [1.29, 1.82) is 0 Å². The van der Waals surface area contributed by atoms with E-state index in [-0.39, 0.29) is 63.7 Å². The summed E-state index contributed by atoms with van der Waals surface area (Å²) in [7, 11) is 0. The first-order valence-corrected chi connectivity index (χ1v) is 22.3. The van der Waals surface area contributed by atoms with E-state index in [0.717, 1.165) is 59.8 Å². The molecule has 5 aromatic rings. The predicted molar refractivity (Wildman–Crippen MR) is 236 cm³/mol. The molecule has 3 aliphatic heterocycles. The summed E-state index contributed by atoms with van der Waals surface area (Å²) in [4.78, 5) is 38.0. The number of nitrogen functional groups attached to an aromatic ring is 1. The highest BCUT2D eigenvalue weighted by molar-refractivity contribution is 5.92. The molecule has 0 saturated carbocycles. The van der Waals surface area contributed by atoms with Crippen LogP contribution in [0.15, 0.2) is 63.6 Å². The minimum absolute atomic E-state index is 0.00521. The van der Waals surface area contributed by atoms with E-state index >= 15 is 0 Å². The number of ether oxygens (including phenoxy) is 2. The second-order valence-corrected chi connectivity index (χ2v) is 18.5. The lowest BCUT2D eigenvalue weighted by atomic mass is 9.62. The number of carbonyl (C=O) groups excluding carboxylic acids is 1. The van der Waals surface area contributed by atoms with Gasteiger partial charge in [-0.3, -0.25) is 4.79 Å². The first-order chi connectivity index (χ1) is 30.3. The maximum atomic E-state index is 14.2. The minimum atomic E-state index is -1.28. The number of hydrogen-bond donors (Lipinski definition) is 6. The number of esters is 1. The number of rotatable bonds is 4. The van der Waals surface area contributed by atoms with Gasteiger partial charge in [-0.05, 0) is 136 Å². The number of carbonyl (C=O) groups is 1. The molecule has 6 heterocycles. The van der Waals surface area contributed by atoms with Crippen LogP contribution >= 0.6 is 0 Å². The highest BCUT2D eigenvalue weighted by atomic mass is 16.6. The quantitative estimate of drug-likeness (QED) is 0.0817. The molecule has 10 rings (SSSR count). The standard InChI is InChI=1S/C50H54N4O9/c1-5-23(2)49(60)62-39-19-35-44(59)42-38(58)18-28(21-55)61-46(42)43-40-33-14-15-52-47(51)41(33)31(11-8-25-7-9-27(57)17-34(25)36(40)22-56)30-13-12-29-26(16-37(30)50(39,4)63-45(35)43)20-53-48-32(29)10-6-24(3)54-48/h5,7,9,14-15,17-18,20,24,30-31,36-37,39-40,55-57,59H,6,8,10-13,16,19,21-22H2,1-4H3,(H2,51,52)(H,53,54)/b23-5-/t24-,30+,31+,36+,37+,39-,40+,50+/m1/s1. The molecule has 0 saturated heterocycles. The first kappa shape index (κ1) is 41.1. The summed E-state index contributed by atoms with van der Waals surface area (Å²) in [5.41, 5.74) is 13.1. The molecule has 7 N–H and O–H groups in total. The monoisotopic (exact) mass is 854 g/mol. The van der Waals surface area contributed by atoms with Gasteiger partial charge in [0.2, 0.25) is 0 Å². The fourth-order valence-corrected chi connectivity index (χ4v) is 12.0. The van der Waals surface area contributed by atoms with Gasteiger partial charge in [-0.2, -0.15) is 0 Å². The average molecular weight is 855 g/mol. The van der Waals surface area contributed by atoms with Crippen molar-refractivity contribution in [3.8, 4) is 17.2 Å². The second-order valence-electron chi connectivity index (χ2n) is 18.5. The normalized spacial score (nSPS) is 27.1. The molecule has 0 radical (unpaired) electrons. The SMILES string of the molecule is C/C=C(/C)C(=O)O[C@@H]1Cc2c3c(c4oc(CO)cc(=O)c4c2O)[C@H]2c4ccnc(N)c4[C@@H](CCc4ccc(O)cc4[C@@H]2CO)[C@@H]2CCc4c(cnc5c4CC[C@@H](C)N5)C[C@@H]2[C@]1(C)O3. The molecule has 328 valence electrons. The molecule has 2 aliphatic carbocycles. The lowest BCUT2D eigenvalue weighted by molar-refractivity contribution is -0.168. The van der Waals surface area contributed by atoms with Gasteiger partial charge in [0.25, 0.3) is 0 Å². The molecular formula is C50H54N4O9. The number of aryl methyl sites for hydroxylation is 1. The number of hydrogen-bond acceptors (Lipinski definition) is 13. The molecule has 8 atom stereocenters. The Morgan fingerprint density at radius 1 is 1.00 bits per heavy atom. The Kier molecular flexibility index (Phi) is 10.1. The fourth-order valence-electron chi connectivity index (χ4n) is 12.0. The van der Waals surface area contributed by atoms with Gasteiger partial charge in [0.05, 0.1) is 6.61 Å². The lowest BCUT2D eigenvalue weighted by Gasteiger charge is -2.51. The van der Waals surface area contributed by atoms with Crippen LogP contribution in [-0.4, -0.2) is 60.7 Å². The van der Waals surface area contributed by atoms with Crippen LogP contribution in [0.3, 0.4) is 0 Å². The molecule has 0 spiro atoms. The Labute approximate surface area is 365 Å². The van der Waals surface area contributed by atoms with Crippen molar-refractivity contribution in [1.82, 2.24) is 9.97 Å². The number of allylic oxidation sites excluding steroid dienone is 1. The number of aromatic hydroxyl groups is 2. The zero-order valence-electron chi connectivity index (χ0n) is 36.0. The highest BCUT2D eigenvalue weighted by Crippen LogP contribution is 2.60. The topological polar surface area (TPSA) is 210 Å². The second kappa shape index (κ2) is 15.4. The number of benzene rings is 2. The third kappa shape index (κ3) is 6.40. The van der Waals surface area contributed by atoms with E-state index in [4.69, 9.17) is 29.6 Å². The fraction of sp³-hybridized carbons (Fsp3) is 0.440. The zero-order valence-corrected chi connectivity index (χ0v) is 36.0. The van der Waals surface area contributed by atoms with Crippen LogP contribution in [0.2, 0.25) is 0 Å². The van der Waals surface area contributed by atoms with Crippen molar-refractivity contribution < 1.29 is 39.1 Å². The lowest BCUT2D eigenvalue weighted by Crippen LogP contribution is -2.59. The number of aliphatic hydroxyl groups excluding tert-OH is 2. The molecule has 2 aromatic carbocycles. The van der Waals surface area contributed by atoms with E-state index in [9.17, 15) is 30.0 Å². The van der Waals surface area contributed by atoms with Crippen LogP contribution in [0.5, 0.6) is 17.2 Å². The van der Waals surface area contributed by atoms with Crippen LogP contribution in [0.1, 0.15) is 121 Å². The number of pyridine rings is 2. The summed E-state index contributed by atoms with van der Waals surface area (Å²) >= 11 is 0. The van der Waals surface area contributed by atoms with Gasteiger partial charge in [-0.25, -0.2) is 14.8 Å². The van der Waals surface area contributed by atoms with Crippen molar-refractivity contribution in [2.75, 3.05) is 17.7 Å². The predicted octanol–water partition coefficient (Wildman–Crippen LogP) is 6.76. The number of nitrogens with two attached hydrogens (primary N) is 1. The summed E-state index contributed by atoms with van der Waals surface area (Å²) in [5.74, 6) is -1.79. The van der Waals surface area contributed by atoms with Crippen molar-refractivity contribution in [3.63, 3.8) is 0 Å². The van der Waals surface area contributed by atoms with Crippen LogP contribution < -0.4 is 21.2 Å². The van der Waals surface area contributed by atoms with Gasteiger partial charge < -0.3 is 45.4 Å². The number of nitrogens with zero attached hydrogens (tertiary/aromatic N) is 2. The maximum Gasteiger partial charge on any atom is 0.333 e. The maximum absolute atomic E-state index is 14.2. The molecule has 4 bridgehead atoms. The van der Waals surface area contributed by atoms with E-state index < -0.39 is 48.2 Å². The third-order valence-electron chi connectivity index (χ3n) is 15.3.